The summed E-state index contributed by atoms with van der Waals surface area (Å²) in [4.78, 5) is 13.3. The van der Waals surface area contributed by atoms with Crippen molar-refractivity contribution in [1.29, 1.82) is 0 Å². The van der Waals surface area contributed by atoms with Crippen molar-refractivity contribution in [3.8, 4) is 0 Å². The van der Waals surface area contributed by atoms with Crippen molar-refractivity contribution >= 4 is 5.91 Å². The summed E-state index contributed by atoms with van der Waals surface area (Å²) in [7, 11) is 0. The summed E-state index contributed by atoms with van der Waals surface area (Å²) >= 11 is 0. The van der Waals surface area contributed by atoms with Crippen LogP contribution in [0.3, 0.4) is 0 Å². The number of rotatable bonds is 2. The summed E-state index contributed by atoms with van der Waals surface area (Å²) in [5, 5.41) is 3.32. The fourth-order valence-corrected chi connectivity index (χ4v) is 2.12. The Balaban J connectivity index is 1.89. The van der Waals surface area contributed by atoms with Crippen LogP contribution in [0.15, 0.2) is 0 Å². The van der Waals surface area contributed by atoms with Gasteiger partial charge >= 0.3 is 0 Å². The van der Waals surface area contributed by atoms with Crippen LogP contribution in [-0.4, -0.2) is 55.7 Å². The molecule has 0 aromatic rings. The van der Waals surface area contributed by atoms with E-state index in [1.807, 2.05) is 0 Å². The molecule has 14 heavy (non-hydrogen) atoms. The number of carbonyl (C=O) groups is 1. The first-order valence-electron chi connectivity index (χ1n) is 5.13. The molecule has 1 amide bonds. The van der Waals surface area contributed by atoms with Crippen molar-refractivity contribution in [2.75, 3.05) is 32.8 Å². The Kier molecular flexibility index (Phi) is 3.00. The molecule has 80 valence electrons. The van der Waals surface area contributed by atoms with Gasteiger partial charge in [-0.1, -0.05) is 0 Å². The molecule has 2 rings (SSSR count). The van der Waals surface area contributed by atoms with Gasteiger partial charge in [0.2, 0.25) is 5.91 Å². The monoisotopic (exact) mass is 199 g/mol. The summed E-state index contributed by atoms with van der Waals surface area (Å²) in [6.45, 7) is 4.27. The van der Waals surface area contributed by atoms with E-state index in [1.165, 1.54) is 0 Å². The van der Waals surface area contributed by atoms with E-state index in [1.54, 1.807) is 0 Å². The normalized spacial score (nSPS) is 34.6. The first-order chi connectivity index (χ1) is 6.77. The van der Waals surface area contributed by atoms with E-state index in [2.05, 4.69) is 10.2 Å². The molecule has 5 heteroatoms. The molecule has 2 atom stereocenters. The zero-order valence-electron chi connectivity index (χ0n) is 8.24. The lowest BCUT2D eigenvalue weighted by Crippen LogP contribution is -2.52. The third-order valence-electron chi connectivity index (χ3n) is 2.97. The van der Waals surface area contributed by atoms with E-state index in [-0.39, 0.29) is 5.91 Å². The van der Waals surface area contributed by atoms with Gasteiger partial charge in [0.1, 0.15) is 6.10 Å². The summed E-state index contributed by atoms with van der Waals surface area (Å²) in [5.74, 6) is -0.347. The average Bonchev–Trinajstić information content (AvgIpc) is 2.71. The minimum absolute atomic E-state index is 0.347. The number of ether oxygens (including phenoxy) is 1. The average molecular weight is 199 g/mol. The predicted octanol–water partition coefficient (Wildman–Crippen LogP) is -1.47. The molecule has 0 radical (unpaired) electrons. The lowest BCUT2D eigenvalue weighted by atomic mass is 10.1. The van der Waals surface area contributed by atoms with Gasteiger partial charge in [-0.15, -0.1) is 0 Å². The second kappa shape index (κ2) is 4.25. The largest absolute Gasteiger partial charge is 0.367 e. The molecule has 0 bridgehead atoms. The summed E-state index contributed by atoms with van der Waals surface area (Å²) < 4.78 is 5.29. The SMILES string of the molecule is NC(=O)C1CN([C@H]2CCNC2)CCO1. The molecule has 3 N–H and O–H groups in total. The number of nitrogens with one attached hydrogen (secondary N) is 1. The Morgan fingerprint density at radius 3 is 3.07 bits per heavy atom. The number of nitrogens with two attached hydrogens (primary N) is 1. The van der Waals surface area contributed by atoms with Crippen molar-refractivity contribution in [3.63, 3.8) is 0 Å². The van der Waals surface area contributed by atoms with Crippen molar-refractivity contribution in [1.82, 2.24) is 10.2 Å². The highest BCUT2D eigenvalue weighted by Gasteiger charge is 2.30. The van der Waals surface area contributed by atoms with Gasteiger partial charge in [0, 0.05) is 25.7 Å². The predicted molar refractivity (Wildman–Crippen MR) is 51.8 cm³/mol. The topological polar surface area (TPSA) is 67.6 Å². The number of hydrogen-bond acceptors (Lipinski definition) is 4. The molecule has 0 aromatic heterocycles. The first-order valence-corrected chi connectivity index (χ1v) is 5.13. The van der Waals surface area contributed by atoms with Gasteiger partial charge in [-0.2, -0.15) is 0 Å². The molecule has 1 unspecified atom stereocenters. The third-order valence-corrected chi connectivity index (χ3v) is 2.97. The van der Waals surface area contributed by atoms with Crippen LogP contribution < -0.4 is 11.1 Å². The zero-order valence-corrected chi connectivity index (χ0v) is 8.24. The van der Waals surface area contributed by atoms with E-state index in [4.69, 9.17) is 10.5 Å². The fraction of sp³-hybridized carbons (Fsp3) is 0.889. The van der Waals surface area contributed by atoms with Crippen molar-refractivity contribution in [2.45, 2.75) is 18.6 Å². The van der Waals surface area contributed by atoms with Crippen LogP contribution in [0.25, 0.3) is 0 Å². The molecule has 2 fully saturated rings. The zero-order chi connectivity index (χ0) is 9.97. The number of primary amides is 1. The number of hydrogen-bond donors (Lipinski definition) is 2. The first kappa shape index (κ1) is 9.89. The summed E-state index contributed by atoms with van der Waals surface area (Å²) in [6, 6.07) is 0.556. The standard InChI is InChI=1S/C9H17N3O2/c10-9(13)8-6-12(3-4-14-8)7-1-2-11-5-7/h7-8,11H,1-6H2,(H2,10,13)/t7-,8?/m0/s1. The Hall–Kier alpha value is -0.650. The maximum absolute atomic E-state index is 11.0. The van der Waals surface area contributed by atoms with Gasteiger partial charge in [0.05, 0.1) is 6.61 Å². The molecule has 0 aliphatic carbocycles. The van der Waals surface area contributed by atoms with Crippen LogP contribution in [0.2, 0.25) is 0 Å². The van der Waals surface area contributed by atoms with Crippen LogP contribution in [0.1, 0.15) is 6.42 Å². The Labute approximate surface area is 83.6 Å². The number of carbonyl (C=O) groups excluding carboxylic acids is 1. The van der Waals surface area contributed by atoms with E-state index < -0.39 is 6.10 Å². The second-order valence-electron chi connectivity index (χ2n) is 3.90. The highest BCUT2D eigenvalue weighted by atomic mass is 16.5. The summed E-state index contributed by atoms with van der Waals surface area (Å²) in [6.07, 6.45) is 0.746. The van der Waals surface area contributed by atoms with Crippen molar-refractivity contribution < 1.29 is 9.53 Å². The van der Waals surface area contributed by atoms with E-state index >= 15 is 0 Å². The van der Waals surface area contributed by atoms with E-state index in [0.29, 0.717) is 19.2 Å². The van der Waals surface area contributed by atoms with Gasteiger partial charge in [-0.05, 0) is 13.0 Å². The lowest BCUT2D eigenvalue weighted by molar-refractivity contribution is -0.136. The molecule has 2 saturated heterocycles. The molecule has 2 aliphatic rings. The quantitative estimate of drug-likeness (QED) is 0.570. The number of amides is 1. The molecular formula is C9H17N3O2. The van der Waals surface area contributed by atoms with Gasteiger partial charge in [0.15, 0.2) is 0 Å². The van der Waals surface area contributed by atoms with Crippen LogP contribution in [0, 0.1) is 0 Å². The van der Waals surface area contributed by atoms with E-state index in [9.17, 15) is 4.79 Å². The highest BCUT2D eigenvalue weighted by Crippen LogP contribution is 2.13. The molecular weight excluding hydrogens is 182 g/mol. The molecule has 5 nitrogen and oxygen atoms in total. The number of morpholine rings is 1. The van der Waals surface area contributed by atoms with Crippen LogP contribution in [-0.2, 0) is 9.53 Å². The third kappa shape index (κ3) is 2.05. The van der Waals surface area contributed by atoms with Crippen molar-refractivity contribution in [2.24, 2.45) is 5.73 Å². The highest BCUT2D eigenvalue weighted by molar-refractivity contribution is 5.79. The maximum Gasteiger partial charge on any atom is 0.247 e. The molecule has 0 saturated carbocycles. The lowest BCUT2D eigenvalue weighted by Gasteiger charge is -2.35. The summed E-state index contributed by atoms with van der Waals surface area (Å²) in [5.41, 5.74) is 5.22. The van der Waals surface area contributed by atoms with E-state index in [0.717, 1.165) is 26.1 Å². The van der Waals surface area contributed by atoms with Crippen LogP contribution in [0.5, 0.6) is 0 Å². The Bertz CT molecular complexity index is 216. The molecule has 0 aromatic carbocycles. The minimum atomic E-state index is -0.413. The van der Waals surface area contributed by atoms with Crippen LogP contribution in [0.4, 0.5) is 0 Å². The molecule has 2 aliphatic heterocycles. The van der Waals surface area contributed by atoms with Gasteiger partial charge in [-0.25, -0.2) is 0 Å². The van der Waals surface area contributed by atoms with Crippen LogP contribution >= 0.6 is 0 Å². The Morgan fingerprint density at radius 2 is 2.43 bits per heavy atom. The second-order valence-corrected chi connectivity index (χ2v) is 3.90. The minimum Gasteiger partial charge on any atom is -0.367 e. The van der Waals surface area contributed by atoms with Gasteiger partial charge in [0.25, 0.3) is 0 Å². The molecule has 2 heterocycles. The van der Waals surface area contributed by atoms with Crippen molar-refractivity contribution in [3.05, 3.63) is 0 Å². The fourth-order valence-electron chi connectivity index (χ4n) is 2.12. The molecule has 0 spiro atoms. The maximum atomic E-state index is 11.0. The Morgan fingerprint density at radius 1 is 1.57 bits per heavy atom. The van der Waals surface area contributed by atoms with Gasteiger partial charge < -0.3 is 15.8 Å². The van der Waals surface area contributed by atoms with Gasteiger partial charge in [-0.3, -0.25) is 9.69 Å². The smallest absolute Gasteiger partial charge is 0.247 e. The number of nitrogens with zero attached hydrogens (tertiary/aromatic N) is 1.